The van der Waals surface area contributed by atoms with Crippen LogP contribution in [0.3, 0.4) is 0 Å². The van der Waals surface area contributed by atoms with Gasteiger partial charge in [0.05, 0.1) is 32.8 Å². The molecule has 2 rings (SSSR count). The predicted octanol–water partition coefficient (Wildman–Crippen LogP) is 1.36. The van der Waals surface area contributed by atoms with Crippen LogP contribution in [0.4, 0.5) is 0 Å². The lowest BCUT2D eigenvalue weighted by Gasteiger charge is -2.14. The Hall–Kier alpha value is -3.02. The van der Waals surface area contributed by atoms with E-state index in [-0.39, 0.29) is 22.0 Å². The Balaban J connectivity index is 2.09. The predicted molar refractivity (Wildman–Crippen MR) is 108 cm³/mol. The van der Waals surface area contributed by atoms with Gasteiger partial charge < -0.3 is 23.7 Å². The van der Waals surface area contributed by atoms with Gasteiger partial charge in [-0.3, -0.25) is 10.2 Å². The number of nitrogens with one attached hydrogen (secondary N) is 2. The molecule has 11 heteroatoms. The third-order valence-electron chi connectivity index (χ3n) is 3.92. The topological polar surface area (TPSA) is 121 Å². The fraction of sp³-hybridized carbons (Fsp3) is 0.316. The second-order valence-electron chi connectivity index (χ2n) is 5.79. The molecule has 0 saturated heterocycles. The molecule has 30 heavy (non-hydrogen) atoms. The smallest absolute Gasteiger partial charge is 0.266 e. The highest BCUT2D eigenvalue weighted by Crippen LogP contribution is 2.38. The van der Waals surface area contributed by atoms with Crippen LogP contribution >= 0.6 is 0 Å². The van der Waals surface area contributed by atoms with Gasteiger partial charge in [-0.25, -0.2) is 8.42 Å². The van der Waals surface area contributed by atoms with Crippen molar-refractivity contribution >= 4 is 15.9 Å². The zero-order chi connectivity index (χ0) is 22.1. The first-order valence-corrected chi connectivity index (χ1v) is 10.2. The molecule has 0 spiro atoms. The number of amides is 1. The van der Waals surface area contributed by atoms with E-state index in [4.69, 9.17) is 23.7 Å². The number of methoxy groups -OCH3 is 4. The number of hydrogen-bond acceptors (Lipinski definition) is 8. The van der Waals surface area contributed by atoms with Crippen LogP contribution in [0.5, 0.6) is 23.0 Å². The Kier molecular flexibility index (Phi) is 8.27. The van der Waals surface area contributed by atoms with E-state index in [1.165, 1.54) is 57.7 Å². The largest absolute Gasteiger partial charge is 0.493 e. The molecule has 0 bridgehead atoms. The Labute approximate surface area is 175 Å². The van der Waals surface area contributed by atoms with Crippen molar-refractivity contribution in [3.63, 3.8) is 0 Å². The summed E-state index contributed by atoms with van der Waals surface area (Å²) < 4.78 is 50.7. The van der Waals surface area contributed by atoms with Crippen LogP contribution in [0.1, 0.15) is 10.4 Å². The van der Waals surface area contributed by atoms with Crippen LogP contribution < -0.4 is 29.2 Å². The van der Waals surface area contributed by atoms with Gasteiger partial charge in [-0.05, 0) is 36.4 Å². The van der Waals surface area contributed by atoms with Gasteiger partial charge in [-0.1, -0.05) is 0 Å². The SMILES string of the molecule is COCCOc1ccc(S(=O)(=O)NNC(=O)c2cc(OC)c(OC)c(OC)c2)cc1. The minimum Gasteiger partial charge on any atom is -0.493 e. The first-order chi connectivity index (χ1) is 14.4. The van der Waals surface area contributed by atoms with E-state index in [0.717, 1.165) is 0 Å². The summed E-state index contributed by atoms with van der Waals surface area (Å²) in [5, 5.41) is 0. The van der Waals surface area contributed by atoms with E-state index in [9.17, 15) is 13.2 Å². The number of ether oxygens (including phenoxy) is 5. The average Bonchev–Trinajstić information content (AvgIpc) is 2.76. The third kappa shape index (κ3) is 5.75. The summed E-state index contributed by atoms with van der Waals surface area (Å²) in [5.74, 6) is 0.609. The van der Waals surface area contributed by atoms with Gasteiger partial charge in [-0.15, -0.1) is 4.83 Å². The van der Waals surface area contributed by atoms with Gasteiger partial charge in [0.25, 0.3) is 15.9 Å². The highest BCUT2D eigenvalue weighted by molar-refractivity contribution is 7.89. The van der Waals surface area contributed by atoms with Crippen LogP contribution in [0.2, 0.25) is 0 Å². The molecular weight excluding hydrogens is 416 g/mol. The molecule has 0 unspecified atom stereocenters. The van der Waals surface area contributed by atoms with Crippen LogP contribution in [0.15, 0.2) is 41.3 Å². The van der Waals surface area contributed by atoms with E-state index in [2.05, 4.69) is 5.43 Å². The van der Waals surface area contributed by atoms with Crippen LogP contribution in [-0.2, 0) is 14.8 Å². The molecule has 0 atom stereocenters. The lowest BCUT2D eigenvalue weighted by atomic mass is 10.1. The molecule has 10 nitrogen and oxygen atoms in total. The number of carbonyl (C=O) groups is 1. The Morgan fingerprint density at radius 2 is 1.50 bits per heavy atom. The number of sulfonamides is 1. The third-order valence-corrected chi connectivity index (χ3v) is 5.18. The highest BCUT2D eigenvalue weighted by Gasteiger charge is 2.19. The monoisotopic (exact) mass is 440 g/mol. The van der Waals surface area contributed by atoms with Crippen molar-refractivity contribution in [2.75, 3.05) is 41.7 Å². The highest BCUT2D eigenvalue weighted by atomic mass is 32.2. The zero-order valence-corrected chi connectivity index (χ0v) is 17.9. The maximum absolute atomic E-state index is 12.4. The van der Waals surface area contributed by atoms with Crippen LogP contribution in [-0.4, -0.2) is 56.0 Å². The Morgan fingerprint density at radius 1 is 0.900 bits per heavy atom. The van der Waals surface area contributed by atoms with Gasteiger partial charge in [-0.2, -0.15) is 0 Å². The molecule has 0 aliphatic carbocycles. The average molecular weight is 440 g/mol. The van der Waals surface area contributed by atoms with Gasteiger partial charge in [0.2, 0.25) is 5.75 Å². The number of benzene rings is 2. The molecule has 2 aromatic rings. The van der Waals surface area contributed by atoms with E-state index >= 15 is 0 Å². The molecule has 0 aliphatic heterocycles. The molecule has 0 radical (unpaired) electrons. The van der Waals surface area contributed by atoms with E-state index in [1.807, 2.05) is 4.83 Å². The first kappa shape index (κ1) is 23.3. The molecule has 2 N–H and O–H groups in total. The lowest BCUT2D eigenvalue weighted by molar-refractivity contribution is 0.0944. The van der Waals surface area contributed by atoms with Crippen molar-refractivity contribution in [2.24, 2.45) is 0 Å². The molecule has 0 aliphatic rings. The minimum absolute atomic E-state index is 0.0493. The Bertz CT molecular complexity index is 936. The summed E-state index contributed by atoms with van der Waals surface area (Å²) in [4.78, 5) is 14.4. The quantitative estimate of drug-likeness (QED) is 0.397. The van der Waals surface area contributed by atoms with Crippen molar-refractivity contribution < 1.29 is 36.9 Å². The van der Waals surface area contributed by atoms with Crippen molar-refractivity contribution in [2.45, 2.75) is 4.90 Å². The second kappa shape index (κ2) is 10.7. The summed E-state index contributed by atoms with van der Waals surface area (Å²) in [6.07, 6.45) is 0. The summed E-state index contributed by atoms with van der Waals surface area (Å²) in [6.45, 7) is 0.750. The Morgan fingerprint density at radius 3 is 2.00 bits per heavy atom. The molecule has 0 aromatic heterocycles. The molecule has 2 aromatic carbocycles. The van der Waals surface area contributed by atoms with Crippen molar-refractivity contribution in [3.05, 3.63) is 42.0 Å². The summed E-state index contributed by atoms with van der Waals surface area (Å²) in [6, 6.07) is 8.52. The van der Waals surface area contributed by atoms with Gasteiger partial charge in [0, 0.05) is 12.7 Å². The van der Waals surface area contributed by atoms with Crippen LogP contribution in [0, 0.1) is 0 Å². The fourth-order valence-corrected chi connectivity index (χ4v) is 3.25. The fourth-order valence-electron chi connectivity index (χ4n) is 2.41. The maximum atomic E-state index is 12.4. The number of rotatable bonds is 11. The second-order valence-corrected chi connectivity index (χ2v) is 7.47. The summed E-state index contributed by atoms with van der Waals surface area (Å²) >= 11 is 0. The lowest BCUT2D eigenvalue weighted by Crippen LogP contribution is -2.41. The van der Waals surface area contributed by atoms with Crippen LogP contribution in [0.25, 0.3) is 0 Å². The van der Waals surface area contributed by atoms with Gasteiger partial charge >= 0.3 is 0 Å². The van der Waals surface area contributed by atoms with E-state index < -0.39 is 15.9 Å². The van der Waals surface area contributed by atoms with Gasteiger partial charge in [0.15, 0.2) is 11.5 Å². The molecular formula is C19H24N2O8S. The van der Waals surface area contributed by atoms with Crippen molar-refractivity contribution in [1.82, 2.24) is 10.3 Å². The molecule has 1 amide bonds. The zero-order valence-electron chi connectivity index (χ0n) is 17.1. The summed E-state index contributed by atoms with van der Waals surface area (Å²) in [7, 11) is 1.80. The number of hydrazine groups is 1. The molecule has 0 fully saturated rings. The van der Waals surface area contributed by atoms with E-state index in [0.29, 0.717) is 24.7 Å². The summed E-state index contributed by atoms with van der Waals surface area (Å²) in [5.41, 5.74) is 2.26. The van der Waals surface area contributed by atoms with Crippen molar-refractivity contribution in [1.29, 1.82) is 0 Å². The van der Waals surface area contributed by atoms with E-state index in [1.54, 1.807) is 7.11 Å². The first-order valence-electron chi connectivity index (χ1n) is 8.70. The number of carbonyl (C=O) groups excluding carboxylic acids is 1. The molecule has 0 saturated carbocycles. The number of hydrogen-bond donors (Lipinski definition) is 2. The minimum atomic E-state index is -4.00. The van der Waals surface area contributed by atoms with Gasteiger partial charge in [0.1, 0.15) is 12.4 Å². The molecule has 164 valence electrons. The standard InChI is InChI=1S/C19H24N2O8S/c1-25-9-10-29-14-5-7-15(8-6-14)30(23,24)21-20-19(22)13-11-16(26-2)18(28-4)17(12-13)27-3/h5-8,11-12,21H,9-10H2,1-4H3,(H,20,22). The molecule has 0 heterocycles. The normalized spacial score (nSPS) is 10.9. The van der Waals surface area contributed by atoms with Crippen molar-refractivity contribution in [3.8, 4) is 23.0 Å². The maximum Gasteiger partial charge on any atom is 0.266 e.